The predicted octanol–water partition coefficient (Wildman–Crippen LogP) is 7.98. The first-order valence-corrected chi connectivity index (χ1v) is 14.8. The van der Waals surface area contributed by atoms with Crippen LogP contribution in [0.5, 0.6) is 11.5 Å². The number of benzene rings is 4. The van der Waals surface area contributed by atoms with Crippen LogP contribution in [0.15, 0.2) is 102 Å². The van der Waals surface area contributed by atoms with Crippen molar-refractivity contribution >= 4 is 10.1 Å². The lowest BCUT2D eigenvalue weighted by molar-refractivity contribution is 0.130. The second-order valence-electron chi connectivity index (χ2n) is 12.1. The SMILES string of the molecule is Cc1cccc(C(c2ccc(S(=O)(=O)O)cc2)(c2cccc(OC(C)(C)C)c2)c2cccc(OC(C)(C)C)c2)c1. The maximum Gasteiger partial charge on any atom is 0.294 e. The molecule has 0 amide bonds. The molecule has 6 heteroatoms. The Morgan fingerprint density at radius 1 is 0.575 bits per heavy atom. The van der Waals surface area contributed by atoms with Gasteiger partial charge in [-0.1, -0.05) is 66.2 Å². The van der Waals surface area contributed by atoms with E-state index in [0.29, 0.717) is 0 Å². The third-order valence-electron chi connectivity index (χ3n) is 6.42. The van der Waals surface area contributed by atoms with Crippen molar-refractivity contribution in [3.8, 4) is 11.5 Å². The summed E-state index contributed by atoms with van der Waals surface area (Å²) in [6, 6.07) is 30.8. The van der Waals surface area contributed by atoms with Crippen molar-refractivity contribution in [3.05, 3.63) is 125 Å². The molecule has 5 nitrogen and oxygen atoms in total. The highest BCUT2D eigenvalue weighted by molar-refractivity contribution is 7.85. The van der Waals surface area contributed by atoms with E-state index < -0.39 is 26.7 Å². The zero-order chi connectivity index (χ0) is 29.3. The van der Waals surface area contributed by atoms with Crippen LogP contribution in [0.4, 0.5) is 0 Å². The van der Waals surface area contributed by atoms with E-state index in [0.717, 1.165) is 39.3 Å². The molecule has 0 aliphatic heterocycles. The van der Waals surface area contributed by atoms with Crippen LogP contribution in [0.1, 0.15) is 69.4 Å². The molecule has 0 spiro atoms. The molecule has 0 bridgehead atoms. The molecule has 0 aromatic heterocycles. The largest absolute Gasteiger partial charge is 0.488 e. The Bertz CT molecular complexity index is 1530. The third-order valence-corrected chi connectivity index (χ3v) is 7.29. The molecule has 0 saturated carbocycles. The fourth-order valence-electron chi connectivity index (χ4n) is 5.05. The lowest BCUT2D eigenvalue weighted by atomic mass is 9.65. The summed E-state index contributed by atoms with van der Waals surface area (Å²) in [5.74, 6) is 1.44. The van der Waals surface area contributed by atoms with E-state index in [1.807, 2.05) is 97.0 Å². The van der Waals surface area contributed by atoms with Gasteiger partial charge in [0, 0.05) is 0 Å². The van der Waals surface area contributed by atoms with Crippen LogP contribution < -0.4 is 9.47 Å². The number of hydrogen-bond acceptors (Lipinski definition) is 4. The first-order chi connectivity index (χ1) is 18.6. The molecule has 0 fully saturated rings. The number of hydrogen-bond donors (Lipinski definition) is 1. The van der Waals surface area contributed by atoms with Crippen LogP contribution in [-0.2, 0) is 15.5 Å². The van der Waals surface area contributed by atoms with E-state index in [9.17, 15) is 13.0 Å². The highest BCUT2D eigenvalue weighted by atomic mass is 32.2. The van der Waals surface area contributed by atoms with Crippen LogP contribution >= 0.6 is 0 Å². The lowest BCUT2D eigenvalue weighted by Gasteiger charge is -2.38. The van der Waals surface area contributed by atoms with Crippen LogP contribution in [0, 0.1) is 6.92 Å². The highest BCUT2D eigenvalue weighted by Crippen LogP contribution is 2.47. The van der Waals surface area contributed by atoms with Gasteiger partial charge in [0.25, 0.3) is 10.1 Å². The Morgan fingerprint density at radius 3 is 1.40 bits per heavy atom. The van der Waals surface area contributed by atoms with E-state index in [4.69, 9.17) is 9.47 Å². The van der Waals surface area contributed by atoms with Gasteiger partial charge in [-0.25, -0.2) is 0 Å². The van der Waals surface area contributed by atoms with Crippen molar-refractivity contribution in [3.63, 3.8) is 0 Å². The first-order valence-electron chi connectivity index (χ1n) is 13.3. The normalized spacial score (nSPS) is 12.7. The number of rotatable bonds is 7. The quantitative estimate of drug-likeness (QED) is 0.184. The second-order valence-corrected chi connectivity index (χ2v) is 13.5. The molecule has 0 aliphatic carbocycles. The maximum absolute atomic E-state index is 11.9. The molecule has 4 aromatic rings. The summed E-state index contributed by atoms with van der Waals surface area (Å²) in [4.78, 5) is -0.163. The Kier molecular flexibility index (Phi) is 7.90. The fourth-order valence-corrected chi connectivity index (χ4v) is 5.53. The molecule has 0 heterocycles. The van der Waals surface area contributed by atoms with Gasteiger partial charge < -0.3 is 9.47 Å². The van der Waals surface area contributed by atoms with Crippen LogP contribution in [0.2, 0.25) is 0 Å². The van der Waals surface area contributed by atoms with Gasteiger partial charge in [0.15, 0.2) is 0 Å². The first kappa shape index (κ1) is 29.4. The smallest absolute Gasteiger partial charge is 0.294 e. The van der Waals surface area contributed by atoms with E-state index >= 15 is 0 Å². The Hall–Kier alpha value is -3.61. The van der Waals surface area contributed by atoms with Gasteiger partial charge >= 0.3 is 0 Å². The summed E-state index contributed by atoms with van der Waals surface area (Å²) in [6.45, 7) is 14.1. The second kappa shape index (κ2) is 10.8. The Morgan fingerprint density at radius 2 is 1.00 bits per heavy atom. The summed E-state index contributed by atoms with van der Waals surface area (Å²) < 4.78 is 46.1. The molecule has 4 aromatic carbocycles. The molecular formula is C34H38O5S. The monoisotopic (exact) mass is 558 g/mol. The van der Waals surface area contributed by atoms with E-state index in [2.05, 4.69) is 24.3 Å². The average molecular weight is 559 g/mol. The van der Waals surface area contributed by atoms with Gasteiger partial charge in [0.2, 0.25) is 0 Å². The molecule has 4 rings (SSSR count). The number of ether oxygens (including phenoxy) is 2. The number of aryl methyl sites for hydroxylation is 1. The minimum Gasteiger partial charge on any atom is -0.488 e. The Balaban J connectivity index is 2.11. The van der Waals surface area contributed by atoms with Crippen molar-refractivity contribution in [1.82, 2.24) is 0 Å². The molecule has 0 saturated heterocycles. The van der Waals surface area contributed by atoms with E-state index in [1.165, 1.54) is 12.1 Å². The van der Waals surface area contributed by atoms with Gasteiger partial charge in [0.05, 0.1) is 10.3 Å². The van der Waals surface area contributed by atoms with Crippen molar-refractivity contribution in [1.29, 1.82) is 0 Å². The van der Waals surface area contributed by atoms with Crippen LogP contribution in [0.3, 0.4) is 0 Å². The summed E-state index contributed by atoms with van der Waals surface area (Å²) in [7, 11) is -4.36. The molecule has 0 radical (unpaired) electrons. The van der Waals surface area contributed by atoms with E-state index in [1.54, 1.807) is 12.1 Å². The lowest BCUT2D eigenvalue weighted by Crippen LogP contribution is -2.32. The topological polar surface area (TPSA) is 72.8 Å². The van der Waals surface area contributed by atoms with Crippen molar-refractivity contribution < 1.29 is 22.4 Å². The van der Waals surface area contributed by atoms with Crippen LogP contribution in [0.25, 0.3) is 0 Å². The predicted molar refractivity (Wildman–Crippen MR) is 160 cm³/mol. The van der Waals surface area contributed by atoms with Crippen LogP contribution in [-0.4, -0.2) is 24.2 Å². The molecule has 0 atom stereocenters. The minimum absolute atomic E-state index is 0.163. The van der Waals surface area contributed by atoms with Crippen molar-refractivity contribution in [2.75, 3.05) is 0 Å². The standard InChI is InChI=1S/C34H38O5S/c1-24-11-8-12-26(21-24)34(25-17-19-31(20-18-25)40(35,36)37,27-13-9-15-29(22-27)38-32(2,3)4)28-14-10-16-30(23-28)39-33(5,6)7/h8-23H,1-7H3,(H,35,36,37). The van der Waals surface area contributed by atoms with Gasteiger partial charge in [-0.3, -0.25) is 4.55 Å². The van der Waals surface area contributed by atoms with Crippen molar-refractivity contribution in [2.24, 2.45) is 0 Å². The zero-order valence-corrected chi connectivity index (χ0v) is 25.0. The molecule has 40 heavy (non-hydrogen) atoms. The van der Waals surface area contributed by atoms with E-state index in [-0.39, 0.29) is 4.90 Å². The molecule has 0 unspecified atom stereocenters. The molecule has 1 N–H and O–H groups in total. The molecular weight excluding hydrogens is 520 g/mol. The Labute approximate surface area is 238 Å². The van der Waals surface area contributed by atoms with Crippen molar-refractivity contribution in [2.45, 2.75) is 70.0 Å². The minimum atomic E-state index is -4.36. The maximum atomic E-state index is 11.9. The third kappa shape index (κ3) is 6.57. The zero-order valence-electron chi connectivity index (χ0n) is 24.2. The van der Waals surface area contributed by atoms with Gasteiger partial charge in [-0.05, 0) is 107 Å². The van der Waals surface area contributed by atoms with Gasteiger partial charge in [-0.2, -0.15) is 8.42 Å². The summed E-state index contributed by atoms with van der Waals surface area (Å²) in [5, 5.41) is 0. The summed E-state index contributed by atoms with van der Waals surface area (Å²) in [5.41, 5.74) is 3.10. The average Bonchev–Trinajstić information content (AvgIpc) is 2.83. The molecule has 0 aliphatic rings. The highest BCUT2D eigenvalue weighted by Gasteiger charge is 2.39. The van der Waals surface area contributed by atoms with Gasteiger partial charge in [0.1, 0.15) is 22.7 Å². The molecule has 210 valence electrons. The van der Waals surface area contributed by atoms with Gasteiger partial charge in [-0.15, -0.1) is 0 Å². The summed E-state index contributed by atoms with van der Waals surface area (Å²) in [6.07, 6.45) is 0. The fraction of sp³-hybridized carbons (Fsp3) is 0.294. The summed E-state index contributed by atoms with van der Waals surface area (Å²) >= 11 is 0.